The van der Waals surface area contributed by atoms with E-state index >= 15 is 0 Å². The number of hydrogen-bond acceptors (Lipinski definition) is 2. The molecule has 0 unspecified atom stereocenters. The van der Waals surface area contributed by atoms with E-state index in [-0.39, 0.29) is 0 Å². The fourth-order valence-electron chi connectivity index (χ4n) is 1.92. The standard InChI is InChI=1S/C17H18N2/c1-13-9-7-8-12-17(13)15(3)19-18-14(2)16-10-5-4-6-11-16/h4-12H,1-3H3/b18-14+,19-15+. The van der Waals surface area contributed by atoms with E-state index in [9.17, 15) is 0 Å². The zero-order valence-electron chi connectivity index (χ0n) is 11.6. The zero-order chi connectivity index (χ0) is 13.7. The van der Waals surface area contributed by atoms with Gasteiger partial charge in [-0.2, -0.15) is 10.2 Å². The zero-order valence-corrected chi connectivity index (χ0v) is 11.6. The van der Waals surface area contributed by atoms with Gasteiger partial charge in [0.25, 0.3) is 0 Å². The van der Waals surface area contributed by atoms with E-state index in [1.807, 2.05) is 56.3 Å². The summed E-state index contributed by atoms with van der Waals surface area (Å²) in [6.07, 6.45) is 0. The molecule has 0 heterocycles. The van der Waals surface area contributed by atoms with Gasteiger partial charge in [0.05, 0.1) is 11.4 Å². The minimum atomic E-state index is 0.925. The first-order chi connectivity index (χ1) is 9.18. The molecule has 19 heavy (non-hydrogen) atoms. The SMILES string of the molecule is C/C(=N\N=C(/C)c1ccccc1C)c1ccccc1. The highest BCUT2D eigenvalue weighted by molar-refractivity contribution is 6.02. The number of rotatable bonds is 3. The summed E-state index contributed by atoms with van der Waals surface area (Å²) in [7, 11) is 0. The van der Waals surface area contributed by atoms with Crippen LogP contribution in [-0.4, -0.2) is 11.4 Å². The molecule has 0 aromatic heterocycles. The Balaban J connectivity index is 2.25. The van der Waals surface area contributed by atoms with Crippen molar-refractivity contribution >= 4 is 11.4 Å². The Morgan fingerprint density at radius 2 is 1.32 bits per heavy atom. The summed E-state index contributed by atoms with van der Waals surface area (Å²) in [5, 5.41) is 8.65. The van der Waals surface area contributed by atoms with E-state index in [1.165, 1.54) is 5.56 Å². The predicted octanol–water partition coefficient (Wildman–Crippen LogP) is 4.23. The molecular formula is C17H18N2. The summed E-state index contributed by atoms with van der Waals surface area (Å²) < 4.78 is 0. The Morgan fingerprint density at radius 3 is 2.00 bits per heavy atom. The number of nitrogens with zero attached hydrogens (tertiary/aromatic N) is 2. The third kappa shape index (κ3) is 3.38. The van der Waals surface area contributed by atoms with Crippen LogP contribution in [0, 0.1) is 6.92 Å². The molecule has 0 N–H and O–H groups in total. The average Bonchev–Trinajstić information content (AvgIpc) is 2.46. The van der Waals surface area contributed by atoms with Crippen molar-refractivity contribution in [2.45, 2.75) is 20.8 Å². The molecule has 0 saturated heterocycles. The molecule has 0 saturated carbocycles. The van der Waals surface area contributed by atoms with Crippen molar-refractivity contribution in [3.63, 3.8) is 0 Å². The van der Waals surface area contributed by atoms with Crippen LogP contribution in [0.5, 0.6) is 0 Å². The van der Waals surface area contributed by atoms with Gasteiger partial charge in [-0.15, -0.1) is 0 Å². The van der Waals surface area contributed by atoms with Gasteiger partial charge in [-0.25, -0.2) is 0 Å². The molecule has 2 nitrogen and oxygen atoms in total. The Hall–Kier alpha value is -2.22. The Labute approximate surface area is 114 Å². The van der Waals surface area contributed by atoms with Crippen LogP contribution in [0.25, 0.3) is 0 Å². The quantitative estimate of drug-likeness (QED) is 0.575. The van der Waals surface area contributed by atoms with Gasteiger partial charge in [0.1, 0.15) is 0 Å². The summed E-state index contributed by atoms with van der Waals surface area (Å²) in [5.74, 6) is 0. The molecular weight excluding hydrogens is 232 g/mol. The van der Waals surface area contributed by atoms with E-state index in [0.29, 0.717) is 0 Å². The highest BCUT2D eigenvalue weighted by Gasteiger charge is 2.00. The van der Waals surface area contributed by atoms with Gasteiger partial charge in [-0.3, -0.25) is 0 Å². The van der Waals surface area contributed by atoms with Crippen molar-refractivity contribution in [1.82, 2.24) is 0 Å². The molecule has 0 aliphatic carbocycles. The average molecular weight is 250 g/mol. The molecule has 2 heteroatoms. The summed E-state index contributed by atoms with van der Waals surface area (Å²) in [6, 6.07) is 18.3. The lowest BCUT2D eigenvalue weighted by Gasteiger charge is -2.03. The smallest absolute Gasteiger partial charge is 0.0674 e. The van der Waals surface area contributed by atoms with Gasteiger partial charge in [-0.05, 0) is 31.9 Å². The first-order valence-electron chi connectivity index (χ1n) is 6.39. The predicted molar refractivity (Wildman–Crippen MR) is 82.0 cm³/mol. The lowest BCUT2D eigenvalue weighted by atomic mass is 10.1. The first kappa shape index (κ1) is 13.2. The van der Waals surface area contributed by atoms with Crippen molar-refractivity contribution in [1.29, 1.82) is 0 Å². The van der Waals surface area contributed by atoms with Gasteiger partial charge < -0.3 is 0 Å². The molecule has 2 aromatic rings. The second kappa shape index (κ2) is 6.10. The second-order valence-corrected chi connectivity index (χ2v) is 4.55. The third-order valence-corrected chi connectivity index (χ3v) is 3.08. The molecule has 0 atom stereocenters. The summed E-state index contributed by atoms with van der Waals surface area (Å²) >= 11 is 0. The van der Waals surface area contributed by atoms with Gasteiger partial charge in [0, 0.05) is 5.56 Å². The number of aryl methyl sites for hydroxylation is 1. The monoisotopic (exact) mass is 250 g/mol. The van der Waals surface area contributed by atoms with E-state index in [2.05, 4.69) is 29.3 Å². The van der Waals surface area contributed by atoms with Crippen LogP contribution in [0.1, 0.15) is 30.5 Å². The van der Waals surface area contributed by atoms with E-state index in [4.69, 9.17) is 0 Å². The Kier molecular flexibility index (Phi) is 4.24. The van der Waals surface area contributed by atoms with E-state index < -0.39 is 0 Å². The highest BCUT2D eigenvalue weighted by atomic mass is 15.2. The van der Waals surface area contributed by atoms with Gasteiger partial charge >= 0.3 is 0 Å². The maximum atomic E-state index is 4.34. The summed E-state index contributed by atoms with van der Waals surface area (Å²) in [6.45, 7) is 6.05. The molecule has 0 aliphatic heterocycles. The topological polar surface area (TPSA) is 24.7 Å². The van der Waals surface area contributed by atoms with Crippen molar-refractivity contribution < 1.29 is 0 Å². The Bertz CT molecular complexity index is 610. The molecule has 0 spiro atoms. The molecule has 0 aliphatic rings. The molecule has 0 bridgehead atoms. The fraction of sp³-hybridized carbons (Fsp3) is 0.176. The minimum absolute atomic E-state index is 0.925. The lowest BCUT2D eigenvalue weighted by Crippen LogP contribution is -1.98. The van der Waals surface area contributed by atoms with Crippen molar-refractivity contribution in [3.8, 4) is 0 Å². The molecule has 0 radical (unpaired) electrons. The van der Waals surface area contributed by atoms with Crippen molar-refractivity contribution in [2.24, 2.45) is 10.2 Å². The third-order valence-electron chi connectivity index (χ3n) is 3.08. The Morgan fingerprint density at radius 1 is 0.737 bits per heavy atom. The normalized spacial score (nSPS) is 12.6. The van der Waals surface area contributed by atoms with Crippen LogP contribution in [0.2, 0.25) is 0 Å². The molecule has 2 rings (SSSR count). The van der Waals surface area contributed by atoms with Gasteiger partial charge in [-0.1, -0.05) is 54.6 Å². The van der Waals surface area contributed by atoms with Crippen LogP contribution in [0.15, 0.2) is 64.8 Å². The minimum Gasteiger partial charge on any atom is -0.155 e. The molecule has 2 aromatic carbocycles. The van der Waals surface area contributed by atoms with E-state index in [1.54, 1.807) is 0 Å². The van der Waals surface area contributed by atoms with Crippen LogP contribution in [0.4, 0.5) is 0 Å². The number of benzene rings is 2. The molecule has 0 fully saturated rings. The van der Waals surface area contributed by atoms with Crippen LogP contribution < -0.4 is 0 Å². The van der Waals surface area contributed by atoms with E-state index in [0.717, 1.165) is 22.6 Å². The van der Waals surface area contributed by atoms with Crippen LogP contribution in [-0.2, 0) is 0 Å². The van der Waals surface area contributed by atoms with Crippen molar-refractivity contribution in [3.05, 3.63) is 71.3 Å². The highest BCUT2D eigenvalue weighted by Crippen LogP contribution is 2.09. The van der Waals surface area contributed by atoms with Crippen molar-refractivity contribution in [2.75, 3.05) is 0 Å². The maximum absolute atomic E-state index is 4.34. The molecule has 96 valence electrons. The van der Waals surface area contributed by atoms with Crippen LogP contribution >= 0.6 is 0 Å². The van der Waals surface area contributed by atoms with Gasteiger partial charge in [0.15, 0.2) is 0 Å². The summed E-state index contributed by atoms with van der Waals surface area (Å²) in [5.41, 5.74) is 5.33. The fourth-order valence-corrected chi connectivity index (χ4v) is 1.92. The maximum Gasteiger partial charge on any atom is 0.0674 e. The largest absolute Gasteiger partial charge is 0.155 e. The first-order valence-corrected chi connectivity index (χ1v) is 6.39. The van der Waals surface area contributed by atoms with Crippen LogP contribution in [0.3, 0.4) is 0 Å². The molecule has 0 amide bonds. The van der Waals surface area contributed by atoms with Gasteiger partial charge in [0.2, 0.25) is 0 Å². The lowest BCUT2D eigenvalue weighted by molar-refractivity contribution is 1.21. The number of hydrogen-bond donors (Lipinski definition) is 0. The second-order valence-electron chi connectivity index (χ2n) is 4.55. The summed E-state index contributed by atoms with van der Waals surface area (Å²) in [4.78, 5) is 0.